The van der Waals surface area contributed by atoms with E-state index in [1.165, 1.54) is 15.7 Å². The van der Waals surface area contributed by atoms with Crippen LogP contribution in [0, 0.1) is 10.8 Å². The summed E-state index contributed by atoms with van der Waals surface area (Å²) >= 11 is 3.63. The van der Waals surface area contributed by atoms with Crippen LogP contribution in [0.4, 0.5) is 5.69 Å². The molecule has 1 aliphatic rings. The molecule has 0 radical (unpaired) electrons. The van der Waals surface area contributed by atoms with Gasteiger partial charge in [-0.05, 0) is 35.4 Å². The van der Waals surface area contributed by atoms with Gasteiger partial charge in [0, 0.05) is 28.7 Å². The Balaban J connectivity index is 2.75. The fourth-order valence-electron chi connectivity index (χ4n) is 4.27. The van der Waals surface area contributed by atoms with Crippen molar-refractivity contribution in [2.75, 3.05) is 18.0 Å². The second-order valence-electron chi connectivity index (χ2n) is 8.08. The van der Waals surface area contributed by atoms with Gasteiger partial charge in [-0.15, -0.1) is 0 Å². The van der Waals surface area contributed by atoms with E-state index in [9.17, 15) is 0 Å². The van der Waals surface area contributed by atoms with Gasteiger partial charge in [0.25, 0.3) is 0 Å². The Morgan fingerprint density at radius 1 is 1.10 bits per heavy atom. The lowest BCUT2D eigenvalue weighted by Crippen LogP contribution is -2.53. The molecule has 1 aromatic carbocycles. The quantitative estimate of drug-likeness (QED) is 0.642. The zero-order chi connectivity index (χ0) is 15.3. The summed E-state index contributed by atoms with van der Waals surface area (Å²) in [6.45, 7) is 18.8. The maximum absolute atomic E-state index is 3.63. The molecule has 1 aromatic rings. The van der Waals surface area contributed by atoms with E-state index in [1.54, 1.807) is 0 Å². The number of nitrogens with zero attached hydrogens (tertiary/aromatic N) is 1. The van der Waals surface area contributed by atoms with Gasteiger partial charge in [0.05, 0.1) is 0 Å². The second-order valence-corrected chi connectivity index (χ2v) is 9.00. The molecule has 112 valence electrons. The van der Waals surface area contributed by atoms with E-state index in [0.29, 0.717) is 0 Å². The standard InChI is InChI=1S/C18H28BrN/c1-8-20-12-18(16(2,3)4,17(5,6)7)14-10-9-13(19)11-15(14)20/h9-11H,8,12H2,1-7H3. The summed E-state index contributed by atoms with van der Waals surface area (Å²) in [4.78, 5) is 2.54. The van der Waals surface area contributed by atoms with Crippen molar-refractivity contribution in [2.24, 2.45) is 10.8 Å². The Morgan fingerprint density at radius 3 is 2.10 bits per heavy atom. The van der Waals surface area contributed by atoms with Crippen LogP contribution in [-0.2, 0) is 5.41 Å². The lowest BCUT2D eigenvalue weighted by Gasteiger charge is -2.52. The molecule has 2 rings (SSSR count). The second kappa shape index (κ2) is 4.76. The van der Waals surface area contributed by atoms with Gasteiger partial charge in [-0.25, -0.2) is 0 Å². The average molecular weight is 338 g/mol. The van der Waals surface area contributed by atoms with Crippen molar-refractivity contribution in [1.82, 2.24) is 0 Å². The summed E-state index contributed by atoms with van der Waals surface area (Å²) in [5, 5.41) is 0. The summed E-state index contributed by atoms with van der Waals surface area (Å²) < 4.78 is 1.17. The highest BCUT2D eigenvalue weighted by Gasteiger charge is 2.56. The van der Waals surface area contributed by atoms with E-state index < -0.39 is 0 Å². The minimum Gasteiger partial charge on any atom is -0.371 e. The van der Waals surface area contributed by atoms with Gasteiger partial charge in [0.15, 0.2) is 0 Å². The Hall–Kier alpha value is -0.500. The van der Waals surface area contributed by atoms with Gasteiger partial charge in [0.2, 0.25) is 0 Å². The minimum atomic E-state index is 0.173. The van der Waals surface area contributed by atoms with Gasteiger partial charge in [0.1, 0.15) is 0 Å². The Kier molecular flexibility index (Phi) is 3.78. The molecule has 1 heterocycles. The predicted octanol–water partition coefficient (Wildman–Crippen LogP) is 5.62. The maximum atomic E-state index is 3.63. The van der Waals surface area contributed by atoms with Crippen molar-refractivity contribution in [1.29, 1.82) is 0 Å². The summed E-state index contributed by atoms with van der Waals surface area (Å²) in [5.41, 5.74) is 3.54. The fourth-order valence-corrected chi connectivity index (χ4v) is 4.62. The van der Waals surface area contributed by atoms with Crippen LogP contribution >= 0.6 is 15.9 Å². The highest BCUT2D eigenvalue weighted by atomic mass is 79.9. The van der Waals surface area contributed by atoms with Crippen molar-refractivity contribution in [3.05, 3.63) is 28.2 Å². The van der Waals surface area contributed by atoms with Crippen molar-refractivity contribution in [3.63, 3.8) is 0 Å². The Morgan fingerprint density at radius 2 is 1.65 bits per heavy atom. The molecule has 1 aliphatic heterocycles. The Labute approximate surface area is 132 Å². The topological polar surface area (TPSA) is 3.24 Å². The van der Waals surface area contributed by atoms with Gasteiger partial charge in [-0.3, -0.25) is 0 Å². The third-order valence-electron chi connectivity index (χ3n) is 5.13. The highest BCUT2D eigenvalue weighted by Crippen LogP contribution is 2.59. The molecule has 0 aromatic heterocycles. The number of hydrogen-bond donors (Lipinski definition) is 0. The number of fused-ring (bicyclic) bond motifs is 1. The first kappa shape index (κ1) is 15.9. The molecule has 0 N–H and O–H groups in total. The molecule has 0 spiro atoms. The SMILES string of the molecule is CCN1CC(C(C)(C)C)(C(C)(C)C)c2ccc(Br)cc21. The van der Waals surface area contributed by atoms with E-state index >= 15 is 0 Å². The number of hydrogen-bond acceptors (Lipinski definition) is 1. The summed E-state index contributed by atoms with van der Waals surface area (Å²) in [7, 11) is 0. The predicted molar refractivity (Wildman–Crippen MR) is 92.6 cm³/mol. The van der Waals surface area contributed by atoms with Gasteiger partial charge in [-0.1, -0.05) is 63.5 Å². The molecular formula is C18H28BrN. The first-order chi connectivity index (χ1) is 9.04. The molecular weight excluding hydrogens is 310 g/mol. The summed E-state index contributed by atoms with van der Waals surface area (Å²) in [6.07, 6.45) is 0. The van der Waals surface area contributed by atoms with E-state index in [4.69, 9.17) is 0 Å². The van der Waals surface area contributed by atoms with Gasteiger partial charge < -0.3 is 4.90 Å². The van der Waals surface area contributed by atoms with Crippen LogP contribution in [0.3, 0.4) is 0 Å². The monoisotopic (exact) mass is 337 g/mol. The normalized spacial score (nSPS) is 18.3. The lowest BCUT2D eigenvalue weighted by molar-refractivity contribution is 0.0662. The molecule has 0 saturated carbocycles. The smallest absolute Gasteiger partial charge is 0.0417 e. The summed E-state index contributed by atoms with van der Waals surface area (Å²) in [5.74, 6) is 0. The van der Waals surface area contributed by atoms with E-state index in [-0.39, 0.29) is 16.2 Å². The molecule has 0 aliphatic carbocycles. The van der Waals surface area contributed by atoms with E-state index in [1.807, 2.05) is 0 Å². The van der Waals surface area contributed by atoms with Crippen LogP contribution in [-0.4, -0.2) is 13.1 Å². The average Bonchev–Trinajstić information content (AvgIpc) is 2.62. The number of benzene rings is 1. The first-order valence-electron chi connectivity index (χ1n) is 7.59. The van der Waals surface area contributed by atoms with Gasteiger partial charge in [-0.2, -0.15) is 0 Å². The van der Waals surface area contributed by atoms with Crippen LogP contribution in [0.1, 0.15) is 54.0 Å². The van der Waals surface area contributed by atoms with Crippen molar-refractivity contribution >= 4 is 21.6 Å². The molecule has 0 saturated heterocycles. The zero-order valence-corrected chi connectivity index (χ0v) is 15.6. The number of likely N-dealkylation sites (N-methyl/N-ethyl adjacent to an activating group) is 1. The number of anilines is 1. The lowest BCUT2D eigenvalue weighted by atomic mass is 9.52. The first-order valence-corrected chi connectivity index (χ1v) is 8.39. The van der Waals surface area contributed by atoms with Crippen LogP contribution < -0.4 is 4.90 Å². The molecule has 0 fully saturated rings. The van der Waals surface area contributed by atoms with Crippen LogP contribution in [0.2, 0.25) is 0 Å². The van der Waals surface area contributed by atoms with Crippen LogP contribution in [0.15, 0.2) is 22.7 Å². The highest BCUT2D eigenvalue weighted by molar-refractivity contribution is 9.10. The molecule has 2 heteroatoms. The largest absolute Gasteiger partial charge is 0.371 e. The minimum absolute atomic E-state index is 0.173. The van der Waals surface area contributed by atoms with Crippen LogP contribution in [0.5, 0.6) is 0 Å². The van der Waals surface area contributed by atoms with E-state index in [2.05, 4.69) is 87.5 Å². The molecule has 0 unspecified atom stereocenters. The third kappa shape index (κ3) is 2.11. The molecule has 20 heavy (non-hydrogen) atoms. The van der Waals surface area contributed by atoms with Crippen molar-refractivity contribution in [2.45, 2.75) is 53.9 Å². The Bertz CT molecular complexity index is 491. The van der Waals surface area contributed by atoms with E-state index in [0.717, 1.165) is 13.1 Å². The molecule has 0 atom stereocenters. The zero-order valence-electron chi connectivity index (χ0n) is 14.0. The van der Waals surface area contributed by atoms with Gasteiger partial charge >= 0.3 is 0 Å². The molecule has 1 nitrogen and oxygen atoms in total. The number of rotatable bonds is 1. The van der Waals surface area contributed by atoms with Crippen molar-refractivity contribution < 1.29 is 0 Å². The van der Waals surface area contributed by atoms with Crippen molar-refractivity contribution in [3.8, 4) is 0 Å². The third-order valence-corrected chi connectivity index (χ3v) is 5.62. The maximum Gasteiger partial charge on any atom is 0.0417 e. The molecule has 0 amide bonds. The fraction of sp³-hybridized carbons (Fsp3) is 0.667. The summed E-state index contributed by atoms with van der Waals surface area (Å²) in [6, 6.07) is 6.83. The van der Waals surface area contributed by atoms with Crippen LogP contribution in [0.25, 0.3) is 0 Å². The molecule has 0 bridgehead atoms. The number of halogens is 1.